The number of pyridine rings is 1. The standard InChI is InChI=1S/C10H14N2O/c1-3-4-7-13-10-6-5-9(11)8(2)12-10/h3,5-6H,1,4,7,11H2,2H3. The Morgan fingerprint density at radius 1 is 1.62 bits per heavy atom. The zero-order chi connectivity index (χ0) is 9.68. The van der Waals surface area contributed by atoms with Gasteiger partial charge in [0.05, 0.1) is 18.0 Å². The highest BCUT2D eigenvalue weighted by Gasteiger charge is 1.97. The summed E-state index contributed by atoms with van der Waals surface area (Å²) in [5, 5.41) is 0. The van der Waals surface area contributed by atoms with Crippen LogP contribution in [0.1, 0.15) is 12.1 Å². The first-order chi connectivity index (χ1) is 6.24. The SMILES string of the molecule is C=CCCOc1ccc(N)c(C)n1. The van der Waals surface area contributed by atoms with Crippen LogP contribution in [0.25, 0.3) is 0 Å². The third-order valence-corrected chi connectivity index (χ3v) is 1.67. The molecule has 70 valence electrons. The smallest absolute Gasteiger partial charge is 0.213 e. The molecule has 0 saturated carbocycles. The topological polar surface area (TPSA) is 48.1 Å². The van der Waals surface area contributed by atoms with E-state index in [4.69, 9.17) is 10.5 Å². The third-order valence-electron chi connectivity index (χ3n) is 1.67. The second kappa shape index (κ2) is 4.50. The van der Waals surface area contributed by atoms with Crippen LogP contribution in [0.5, 0.6) is 5.88 Å². The number of hydrogen-bond acceptors (Lipinski definition) is 3. The van der Waals surface area contributed by atoms with E-state index >= 15 is 0 Å². The zero-order valence-electron chi connectivity index (χ0n) is 7.79. The molecular formula is C10H14N2O. The quantitative estimate of drug-likeness (QED) is 0.566. The summed E-state index contributed by atoms with van der Waals surface area (Å²) in [6.07, 6.45) is 2.63. The molecule has 0 aliphatic carbocycles. The highest BCUT2D eigenvalue weighted by Crippen LogP contribution is 2.13. The van der Waals surface area contributed by atoms with Gasteiger partial charge >= 0.3 is 0 Å². The first-order valence-corrected chi connectivity index (χ1v) is 4.21. The van der Waals surface area contributed by atoms with Gasteiger partial charge in [0, 0.05) is 6.07 Å². The Morgan fingerprint density at radius 3 is 3.00 bits per heavy atom. The first-order valence-electron chi connectivity index (χ1n) is 4.21. The van der Waals surface area contributed by atoms with Gasteiger partial charge in [0.2, 0.25) is 5.88 Å². The van der Waals surface area contributed by atoms with Crippen molar-refractivity contribution in [1.29, 1.82) is 0 Å². The normalized spacial score (nSPS) is 9.62. The van der Waals surface area contributed by atoms with E-state index in [1.54, 1.807) is 12.1 Å². The van der Waals surface area contributed by atoms with Gasteiger partial charge in [0.15, 0.2) is 0 Å². The lowest BCUT2D eigenvalue weighted by atomic mass is 10.3. The third kappa shape index (κ3) is 2.78. The van der Waals surface area contributed by atoms with Crippen molar-refractivity contribution in [2.45, 2.75) is 13.3 Å². The maximum absolute atomic E-state index is 5.61. The number of nitrogens with two attached hydrogens (primary N) is 1. The van der Waals surface area contributed by atoms with Crippen LogP contribution < -0.4 is 10.5 Å². The second-order valence-corrected chi connectivity index (χ2v) is 2.75. The van der Waals surface area contributed by atoms with Gasteiger partial charge in [0.1, 0.15) is 0 Å². The van der Waals surface area contributed by atoms with Crippen LogP contribution in [0.4, 0.5) is 5.69 Å². The highest BCUT2D eigenvalue weighted by molar-refractivity contribution is 5.43. The van der Waals surface area contributed by atoms with Crippen molar-refractivity contribution in [1.82, 2.24) is 4.98 Å². The number of aromatic nitrogens is 1. The molecule has 1 aromatic rings. The van der Waals surface area contributed by atoms with Crippen molar-refractivity contribution in [3.05, 3.63) is 30.5 Å². The fourth-order valence-corrected chi connectivity index (χ4v) is 0.876. The minimum Gasteiger partial charge on any atom is -0.477 e. The fraction of sp³-hybridized carbons (Fsp3) is 0.300. The highest BCUT2D eigenvalue weighted by atomic mass is 16.5. The summed E-state index contributed by atoms with van der Waals surface area (Å²) in [7, 11) is 0. The Hall–Kier alpha value is -1.51. The van der Waals surface area contributed by atoms with Crippen LogP contribution >= 0.6 is 0 Å². The average Bonchev–Trinajstić information content (AvgIpc) is 2.12. The van der Waals surface area contributed by atoms with Gasteiger partial charge in [-0.2, -0.15) is 0 Å². The summed E-state index contributed by atoms with van der Waals surface area (Å²) in [6.45, 7) is 6.07. The van der Waals surface area contributed by atoms with E-state index in [9.17, 15) is 0 Å². The van der Waals surface area contributed by atoms with Gasteiger partial charge in [-0.15, -0.1) is 6.58 Å². The predicted molar refractivity (Wildman–Crippen MR) is 53.7 cm³/mol. The molecule has 0 amide bonds. The van der Waals surface area contributed by atoms with Crippen molar-refractivity contribution < 1.29 is 4.74 Å². The van der Waals surface area contributed by atoms with Crippen LogP contribution in [0, 0.1) is 6.92 Å². The number of ether oxygens (including phenoxy) is 1. The van der Waals surface area contributed by atoms with E-state index in [-0.39, 0.29) is 0 Å². The number of hydrogen-bond donors (Lipinski definition) is 1. The van der Waals surface area contributed by atoms with Crippen molar-refractivity contribution in [2.75, 3.05) is 12.3 Å². The Balaban J connectivity index is 2.57. The van der Waals surface area contributed by atoms with E-state index in [1.807, 2.05) is 13.0 Å². The summed E-state index contributed by atoms with van der Waals surface area (Å²) in [6, 6.07) is 3.57. The van der Waals surface area contributed by atoms with Gasteiger partial charge in [-0.05, 0) is 19.4 Å². The number of rotatable bonds is 4. The van der Waals surface area contributed by atoms with E-state index in [0.717, 1.165) is 12.1 Å². The molecule has 2 N–H and O–H groups in total. The average molecular weight is 178 g/mol. The Kier molecular flexibility index (Phi) is 3.31. The summed E-state index contributed by atoms with van der Waals surface area (Å²) in [5.41, 5.74) is 7.10. The summed E-state index contributed by atoms with van der Waals surface area (Å²) in [5.74, 6) is 0.619. The molecule has 0 aliphatic heterocycles. The van der Waals surface area contributed by atoms with Crippen LogP contribution in [0.15, 0.2) is 24.8 Å². The molecule has 3 nitrogen and oxygen atoms in total. The zero-order valence-corrected chi connectivity index (χ0v) is 7.79. The molecule has 1 heterocycles. The molecule has 0 fully saturated rings. The van der Waals surface area contributed by atoms with Gasteiger partial charge in [-0.3, -0.25) is 0 Å². The van der Waals surface area contributed by atoms with Crippen LogP contribution in [-0.4, -0.2) is 11.6 Å². The molecule has 0 bridgehead atoms. The van der Waals surface area contributed by atoms with Gasteiger partial charge < -0.3 is 10.5 Å². The summed E-state index contributed by atoms with van der Waals surface area (Å²) >= 11 is 0. The molecule has 0 atom stereocenters. The minimum absolute atomic E-state index is 0.611. The molecule has 0 spiro atoms. The predicted octanol–water partition coefficient (Wildman–Crippen LogP) is 1.93. The van der Waals surface area contributed by atoms with E-state index in [2.05, 4.69) is 11.6 Å². The van der Waals surface area contributed by atoms with E-state index in [1.165, 1.54) is 0 Å². The molecule has 13 heavy (non-hydrogen) atoms. The van der Waals surface area contributed by atoms with Crippen LogP contribution in [0.2, 0.25) is 0 Å². The number of anilines is 1. The molecule has 0 unspecified atom stereocenters. The van der Waals surface area contributed by atoms with E-state index < -0.39 is 0 Å². The maximum Gasteiger partial charge on any atom is 0.213 e. The van der Waals surface area contributed by atoms with Crippen molar-refractivity contribution in [3.8, 4) is 5.88 Å². The van der Waals surface area contributed by atoms with Gasteiger partial charge in [-0.25, -0.2) is 4.98 Å². The van der Waals surface area contributed by atoms with Crippen molar-refractivity contribution in [2.24, 2.45) is 0 Å². The molecule has 0 saturated heterocycles. The van der Waals surface area contributed by atoms with Crippen LogP contribution in [0.3, 0.4) is 0 Å². The van der Waals surface area contributed by atoms with Crippen LogP contribution in [-0.2, 0) is 0 Å². The van der Waals surface area contributed by atoms with Crippen molar-refractivity contribution >= 4 is 5.69 Å². The maximum atomic E-state index is 5.61. The lowest BCUT2D eigenvalue weighted by Gasteiger charge is -2.05. The molecule has 0 radical (unpaired) electrons. The Morgan fingerprint density at radius 2 is 2.38 bits per heavy atom. The summed E-state index contributed by atoms with van der Waals surface area (Å²) in [4.78, 5) is 4.16. The van der Waals surface area contributed by atoms with E-state index in [0.29, 0.717) is 18.2 Å². The largest absolute Gasteiger partial charge is 0.477 e. The lowest BCUT2D eigenvalue weighted by molar-refractivity contribution is 0.312. The molecule has 0 aromatic carbocycles. The molecule has 1 rings (SSSR count). The number of aryl methyl sites for hydroxylation is 1. The van der Waals surface area contributed by atoms with Gasteiger partial charge in [0.25, 0.3) is 0 Å². The monoisotopic (exact) mass is 178 g/mol. The second-order valence-electron chi connectivity index (χ2n) is 2.75. The Labute approximate surface area is 78.2 Å². The van der Waals surface area contributed by atoms with Crippen molar-refractivity contribution in [3.63, 3.8) is 0 Å². The molecule has 3 heteroatoms. The Bertz CT molecular complexity index is 297. The lowest BCUT2D eigenvalue weighted by Crippen LogP contribution is -2.00. The number of nitrogen functional groups attached to an aromatic ring is 1. The summed E-state index contributed by atoms with van der Waals surface area (Å²) < 4.78 is 5.34. The minimum atomic E-state index is 0.611. The fourth-order valence-electron chi connectivity index (χ4n) is 0.876. The number of nitrogens with zero attached hydrogens (tertiary/aromatic N) is 1. The van der Waals surface area contributed by atoms with Gasteiger partial charge in [-0.1, -0.05) is 6.08 Å². The molecule has 1 aromatic heterocycles. The first kappa shape index (κ1) is 9.58. The molecule has 0 aliphatic rings. The molecular weight excluding hydrogens is 164 g/mol.